The second-order valence-corrected chi connectivity index (χ2v) is 4.19. The Labute approximate surface area is 96.4 Å². The van der Waals surface area contributed by atoms with E-state index in [9.17, 15) is 4.39 Å². The molecule has 0 amide bonds. The van der Waals surface area contributed by atoms with Crippen LogP contribution in [0.2, 0.25) is 0 Å². The molecule has 0 fully saturated rings. The Morgan fingerprint density at radius 2 is 2.12 bits per heavy atom. The Morgan fingerprint density at radius 3 is 2.69 bits per heavy atom. The summed E-state index contributed by atoms with van der Waals surface area (Å²) < 4.78 is 16.5. The van der Waals surface area contributed by atoms with Crippen molar-refractivity contribution in [3.8, 4) is 0 Å². The zero-order valence-corrected chi connectivity index (χ0v) is 9.25. The summed E-state index contributed by atoms with van der Waals surface area (Å²) in [5.74, 6) is 5.23. The van der Waals surface area contributed by atoms with Crippen molar-refractivity contribution in [2.75, 3.05) is 0 Å². The number of nitrogens with two attached hydrogens (primary N) is 1. The molecule has 0 saturated heterocycles. The highest BCUT2D eigenvalue weighted by atomic mass is 32.1. The number of hydrazine groups is 1. The van der Waals surface area contributed by atoms with E-state index in [1.54, 1.807) is 18.3 Å². The number of rotatable bonds is 4. The number of aromatic nitrogens is 2. The predicted octanol–water partition coefficient (Wildman–Crippen LogP) is 1.42. The highest BCUT2D eigenvalue weighted by molar-refractivity contribution is 7.05. The zero-order chi connectivity index (χ0) is 11.4. The number of benzene rings is 1. The first-order valence-corrected chi connectivity index (χ1v) is 5.55. The van der Waals surface area contributed by atoms with Gasteiger partial charge in [0.1, 0.15) is 5.82 Å². The van der Waals surface area contributed by atoms with Crippen molar-refractivity contribution in [3.05, 3.63) is 46.7 Å². The Morgan fingerprint density at radius 1 is 1.38 bits per heavy atom. The van der Waals surface area contributed by atoms with E-state index in [4.69, 9.17) is 5.84 Å². The van der Waals surface area contributed by atoms with Gasteiger partial charge in [-0.3, -0.25) is 11.3 Å². The maximum Gasteiger partial charge on any atom is 0.123 e. The lowest BCUT2D eigenvalue weighted by atomic mass is 10.1. The van der Waals surface area contributed by atoms with E-state index in [0.717, 1.165) is 10.4 Å². The maximum absolute atomic E-state index is 12.7. The monoisotopic (exact) mass is 238 g/mol. The molecule has 0 aliphatic rings. The predicted molar refractivity (Wildman–Crippen MR) is 60.1 cm³/mol. The summed E-state index contributed by atoms with van der Waals surface area (Å²) in [5, 5.41) is 3.76. The number of nitrogens with zero attached hydrogens (tertiary/aromatic N) is 2. The van der Waals surface area contributed by atoms with Crippen LogP contribution in [-0.2, 0) is 6.42 Å². The molecule has 6 heteroatoms. The van der Waals surface area contributed by atoms with Crippen molar-refractivity contribution >= 4 is 11.5 Å². The van der Waals surface area contributed by atoms with Gasteiger partial charge < -0.3 is 0 Å². The second-order valence-electron chi connectivity index (χ2n) is 3.37. The third-order valence-electron chi connectivity index (χ3n) is 2.28. The summed E-state index contributed by atoms with van der Waals surface area (Å²) in [7, 11) is 0. The van der Waals surface area contributed by atoms with Crippen LogP contribution in [0.25, 0.3) is 0 Å². The van der Waals surface area contributed by atoms with E-state index < -0.39 is 0 Å². The van der Waals surface area contributed by atoms with Crippen molar-refractivity contribution in [2.24, 2.45) is 5.84 Å². The molecule has 84 valence electrons. The summed E-state index contributed by atoms with van der Waals surface area (Å²) in [6.07, 6.45) is 2.36. The molecule has 0 aliphatic carbocycles. The van der Waals surface area contributed by atoms with E-state index in [0.29, 0.717) is 6.42 Å². The van der Waals surface area contributed by atoms with Gasteiger partial charge in [0.25, 0.3) is 0 Å². The fourth-order valence-corrected chi connectivity index (χ4v) is 1.99. The lowest BCUT2D eigenvalue weighted by Gasteiger charge is -2.12. The third-order valence-corrected chi connectivity index (χ3v) is 3.05. The summed E-state index contributed by atoms with van der Waals surface area (Å²) >= 11 is 1.30. The highest BCUT2D eigenvalue weighted by Gasteiger charge is 2.12. The zero-order valence-electron chi connectivity index (χ0n) is 8.43. The van der Waals surface area contributed by atoms with Gasteiger partial charge in [-0.05, 0) is 35.6 Å². The molecule has 2 rings (SSSR count). The maximum atomic E-state index is 12.7. The fraction of sp³-hybridized carbons (Fsp3) is 0.200. The van der Waals surface area contributed by atoms with Crippen molar-refractivity contribution in [1.29, 1.82) is 0 Å². The van der Waals surface area contributed by atoms with E-state index in [1.165, 1.54) is 23.7 Å². The summed E-state index contributed by atoms with van der Waals surface area (Å²) in [6, 6.07) is 6.33. The fourth-order valence-electron chi connectivity index (χ4n) is 1.43. The van der Waals surface area contributed by atoms with E-state index >= 15 is 0 Å². The SMILES string of the molecule is NNC(Cc1ccc(F)cc1)c1cnns1. The van der Waals surface area contributed by atoms with Gasteiger partial charge >= 0.3 is 0 Å². The molecule has 1 atom stereocenters. The molecule has 1 aromatic carbocycles. The van der Waals surface area contributed by atoms with Crippen LogP contribution in [0.5, 0.6) is 0 Å². The van der Waals surface area contributed by atoms with Crippen LogP contribution in [0, 0.1) is 5.82 Å². The van der Waals surface area contributed by atoms with Crippen LogP contribution in [0.3, 0.4) is 0 Å². The molecule has 0 bridgehead atoms. The molecule has 0 saturated carbocycles. The van der Waals surface area contributed by atoms with Crippen LogP contribution in [0.15, 0.2) is 30.5 Å². The summed E-state index contributed by atoms with van der Waals surface area (Å²) in [5.41, 5.74) is 3.72. The molecule has 0 aliphatic heterocycles. The largest absolute Gasteiger partial charge is 0.271 e. The first-order chi connectivity index (χ1) is 7.79. The van der Waals surface area contributed by atoms with E-state index in [-0.39, 0.29) is 11.9 Å². The van der Waals surface area contributed by atoms with E-state index in [1.807, 2.05) is 0 Å². The number of nitrogens with one attached hydrogen (secondary N) is 1. The third kappa shape index (κ3) is 2.60. The Balaban J connectivity index is 2.10. The molecular weight excluding hydrogens is 227 g/mol. The minimum absolute atomic E-state index is 0.0366. The van der Waals surface area contributed by atoms with Gasteiger partial charge in [-0.25, -0.2) is 4.39 Å². The lowest BCUT2D eigenvalue weighted by molar-refractivity contribution is 0.558. The van der Waals surface area contributed by atoms with Gasteiger partial charge in [0.15, 0.2) is 0 Å². The van der Waals surface area contributed by atoms with Gasteiger partial charge in [0, 0.05) is 0 Å². The van der Waals surface area contributed by atoms with Gasteiger partial charge in [-0.1, -0.05) is 16.6 Å². The smallest absolute Gasteiger partial charge is 0.123 e. The van der Waals surface area contributed by atoms with Crippen LogP contribution in [-0.4, -0.2) is 9.59 Å². The average molecular weight is 238 g/mol. The van der Waals surface area contributed by atoms with Gasteiger partial charge in [-0.15, -0.1) is 5.10 Å². The van der Waals surface area contributed by atoms with Crippen molar-refractivity contribution < 1.29 is 4.39 Å². The molecule has 4 nitrogen and oxygen atoms in total. The molecule has 0 spiro atoms. The Hall–Kier alpha value is -1.37. The minimum Gasteiger partial charge on any atom is -0.271 e. The van der Waals surface area contributed by atoms with Crippen LogP contribution in [0.1, 0.15) is 16.5 Å². The number of halogens is 1. The van der Waals surface area contributed by atoms with Crippen molar-refractivity contribution in [1.82, 2.24) is 15.0 Å². The lowest BCUT2D eigenvalue weighted by Crippen LogP contribution is -2.28. The summed E-state index contributed by atoms with van der Waals surface area (Å²) in [6.45, 7) is 0. The summed E-state index contributed by atoms with van der Waals surface area (Å²) in [4.78, 5) is 0.965. The minimum atomic E-state index is -0.236. The number of hydrogen-bond donors (Lipinski definition) is 2. The van der Waals surface area contributed by atoms with Gasteiger partial charge in [-0.2, -0.15) is 0 Å². The standard InChI is InChI=1S/C10H11FN4S/c11-8-3-1-7(2-4-8)5-9(14-12)10-6-13-15-16-10/h1-4,6,9,14H,5,12H2. The normalized spacial score (nSPS) is 12.6. The second kappa shape index (κ2) is 5.11. The highest BCUT2D eigenvalue weighted by Crippen LogP contribution is 2.19. The quantitative estimate of drug-likeness (QED) is 0.624. The van der Waals surface area contributed by atoms with Crippen LogP contribution < -0.4 is 11.3 Å². The first-order valence-electron chi connectivity index (χ1n) is 4.77. The molecule has 2 aromatic rings. The first kappa shape index (κ1) is 11.1. The number of hydrogen-bond acceptors (Lipinski definition) is 5. The van der Waals surface area contributed by atoms with Crippen molar-refractivity contribution in [2.45, 2.75) is 12.5 Å². The molecule has 16 heavy (non-hydrogen) atoms. The molecule has 3 N–H and O–H groups in total. The molecule has 1 unspecified atom stereocenters. The Kier molecular flexibility index (Phi) is 3.55. The Bertz CT molecular complexity index is 429. The average Bonchev–Trinajstić information content (AvgIpc) is 2.82. The van der Waals surface area contributed by atoms with Gasteiger partial charge in [0.05, 0.1) is 17.1 Å². The molecule has 1 heterocycles. The molecular formula is C10H11FN4S. The van der Waals surface area contributed by atoms with Gasteiger partial charge in [0.2, 0.25) is 0 Å². The van der Waals surface area contributed by atoms with Crippen molar-refractivity contribution in [3.63, 3.8) is 0 Å². The van der Waals surface area contributed by atoms with E-state index in [2.05, 4.69) is 15.0 Å². The van der Waals surface area contributed by atoms with Crippen LogP contribution in [0.4, 0.5) is 4.39 Å². The topological polar surface area (TPSA) is 63.8 Å². The van der Waals surface area contributed by atoms with Crippen LogP contribution >= 0.6 is 11.5 Å². The molecule has 0 radical (unpaired) electrons. The molecule has 1 aromatic heterocycles.